The lowest BCUT2D eigenvalue weighted by molar-refractivity contribution is -0.182. The van der Waals surface area contributed by atoms with Crippen LogP contribution in [0, 0.1) is 5.92 Å². The number of nitrogens with zero attached hydrogens (tertiary/aromatic N) is 1. The normalized spacial score (nSPS) is 30.1. The topological polar surface area (TPSA) is 41.6 Å². The minimum Gasteiger partial charge on any atom is -0.368 e. The van der Waals surface area contributed by atoms with Crippen molar-refractivity contribution in [3.8, 4) is 0 Å². The van der Waals surface area contributed by atoms with Gasteiger partial charge in [-0.1, -0.05) is 30.3 Å². The van der Waals surface area contributed by atoms with Crippen molar-refractivity contribution in [1.82, 2.24) is 10.2 Å². The van der Waals surface area contributed by atoms with Gasteiger partial charge in [-0.3, -0.25) is 9.69 Å². The smallest absolute Gasteiger partial charge is 0.368 e. The van der Waals surface area contributed by atoms with E-state index in [1.807, 2.05) is 37.3 Å². The molecule has 2 aliphatic rings. The lowest BCUT2D eigenvalue weighted by atomic mass is 9.85. The van der Waals surface area contributed by atoms with Gasteiger partial charge < -0.3 is 10.1 Å². The summed E-state index contributed by atoms with van der Waals surface area (Å²) >= 11 is 0. The molecule has 1 N–H and O–H groups in total. The fourth-order valence-corrected chi connectivity index (χ4v) is 4.06. The zero-order valence-corrected chi connectivity index (χ0v) is 15.5. The summed E-state index contributed by atoms with van der Waals surface area (Å²) in [6.45, 7) is 3.52. The third-order valence-corrected chi connectivity index (χ3v) is 5.43. The summed E-state index contributed by atoms with van der Waals surface area (Å²) in [6, 6.07) is 9.76. The van der Waals surface area contributed by atoms with E-state index in [9.17, 15) is 18.0 Å². The molecule has 1 aromatic rings. The average Bonchev–Trinajstić information content (AvgIpc) is 2.61. The zero-order valence-electron chi connectivity index (χ0n) is 15.5. The Kier molecular flexibility index (Phi) is 6.42. The van der Waals surface area contributed by atoms with E-state index in [2.05, 4.69) is 10.2 Å². The van der Waals surface area contributed by atoms with Gasteiger partial charge in [-0.05, 0) is 38.2 Å². The molecule has 1 saturated carbocycles. The molecule has 0 unspecified atom stereocenters. The van der Waals surface area contributed by atoms with E-state index < -0.39 is 12.1 Å². The average molecular weight is 384 g/mol. The second kappa shape index (κ2) is 8.61. The summed E-state index contributed by atoms with van der Waals surface area (Å²) in [7, 11) is 0. The Labute approximate surface area is 158 Å². The fourth-order valence-electron chi connectivity index (χ4n) is 4.06. The highest BCUT2D eigenvalue weighted by Crippen LogP contribution is 2.37. The predicted molar refractivity (Wildman–Crippen MR) is 96.1 cm³/mol. The van der Waals surface area contributed by atoms with Crippen molar-refractivity contribution in [1.29, 1.82) is 0 Å². The summed E-state index contributed by atoms with van der Waals surface area (Å²) in [6.07, 6.45) is -3.21. The molecule has 4 nitrogen and oxygen atoms in total. The highest BCUT2D eigenvalue weighted by Gasteiger charge is 2.41. The van der Waals surface area contributed by atoms with Gasteiger partial charge in [-0.2, -0.15) is 13.2 Å². The molecule has 3 rings (SSSR count). The molecule has 27 heavy (non-hydrogen) atoms. The van der Waals surface area contributed by atoms with E-state index in [1.54, 1.807) is 0 Å². The van der Waals surface area contributed by atoms with E-state index in [0.717, 1.165) is 5.56 Å². The molecule has 1 saturated heterocycles. The zero-order chi connectivity index (χ0) is 19.4. The molecule has 0 aromatic heterocycles. The van der Waals surface area contributed by atoms with Gasteiger partial charge in [0.05, 0.1) is 24.7 Å². The lowest BCUT2D eigenvalue weighted by Crippen LogP contribution is -2.49. The van der Waals surface area contributed by atoms with Gasteiger partial charge in [0.1, 0.15) is 0 Å². The van der Waals surface area contributed by atoms with E-state index in [1.165, 1.54) is 0 Å². The Balaban J connectivity index is 1.48. The van der Waals surface area contributed by atoms with Gasteiger partial charge in [0.25, 0.3) is 0 Å². The Bertz CT molecular complexity index is 615. The van der Waals surface area contributed by atoms with Crippen molar-refractivity contribution in [2.45, 2.75) is 57.0 Å². The number of hydrogen-bond donors (Lipinski definition) is 1. The monoisotopic (exact) mass is 384 g/mol. The molecule has 0 bridgehead atoms. The maximum atomic E-state index is 12.7. The Hall–Kier alpha value is -1.60. The molecule has 1 amide bonds. The molecule has 2 atom stereocenters. The van der Waals surface area contributed by atoms with Gasteiger partial charge in [0.15, 0.2) is 0 Å². The van der Waals surface area contributed by atoms with Crippen LogP contribution in [0.15, 0.2) is 30.3 Å². The molecule has 0 spiro atoms. The van der Waals surface area contributed by atoms with Crippen LogP contribution in [0.2, 0.25) is 0 Å². The highest BCUT2D eigenvalue weighted by molar-refractivity contribution is 5.78. The first-order valence-corrected chi connectivity index (χ1v) is 9.60. The van der Waals surface area contributed by atoms with Crippen molar-refractivity contribution >= 4 is 5.91 Å². The number of ether oxygens (including phenoxy) is 1. The number of carbonyl (C=O) groups excluding carboxylic acids is 1. The molecule has 1 aromatic carbocycles. The Morgan fingerprint density at radius 1 is 1.15 bits per heavy atom. The third-order valence-electron chi connectivity index (χ3n) is 5.43. The van der Waals surface area contributed by atoms with Gasteiger partial charge in [-0.15, -0.1) is 0 Å². The summed E-state index contributed by atoms with van der Waals surface area (Å²) < 4.78 is 44.2. The van der Waals surface area contributed by atoms with Gasteiger partial charge in [0.2, 0.25) is 5.91 Å². The van der Waals surface area contributed by atoms with Gasteiger partial charge >= 0.3 is 6.18 Å². The second-order valence-corrected chi connectivity index (χ2v) is 7.70. The molecule has 1 aliphatic carbocycles. The maximum absolute atomic E-state index is 12.7. The first-order chi connectivity index (χ1) is 12.8. The second-order valence-electron chi connectivity index (χ2n) is 7.70. The molecule has 1 aliphatic heterocycles. The highest BCUT2D eigenvalue weighted by atomic mass is 19.4. The molecule has 150 valence electrons. The van der Waals surface area contributed by atoms with Crippen LogP contribution in [0.1, 0.15) is 44.3 Å². The van der Waals surface area contributed by atoms with Crippen LogP contribution >= 0.6 is 0 Å². The van der Waals surface area contributed by atoms with E-state index in [4.69, 9.17) is 4.74 Å². The van der Waals surface area contributed by atoms with Crippen LogP contribution in [-0.4, -0.2) is 48.8 Å². The van der Waals surface area contributed by atoms with Crippen LogP contribution in [0.5, 0.6) is 0 Å². The standard InChI is InChI=1S/C20H27F3N2O2/c1-14-11-25(12-18(27-14)15-5-3-2-4-6-15)13-19(26)24-17-9-7-16(8-10-17)20(21,22)23/h2-6,14,16-18H,7-13H2,1H3,(H,24,26)/t14-,16?,17?,18+/m0/s1. The number of morpholine rings is 1. The first kappa shape index (κ1) is 20.1. The number of halogens is 3. The van der Waals surface area contributed by atoms with Crippen LogP contribution < -0.4 is 5.32 Å². The van der Waals surface area contributed by atoms with Crippen molar-refractivity contribution < 1.29 is 22.7 Å². The van der Waals surface area contributed by atoms with Crippen molar-refractivity contribution in [3.63, 3.8) is 0 Å². The molecule has 7 heteroatoms. The third kappa shape index (κ3) is 5.69. The van der Waals surface area contributed by atoms with Crippen LogP contribution in [0.3, 0.4) is 0 Å². The van der Waals surface area contributed by atoms with Crippen LogP contribution in [-0.2, 0) is 9.53 Å². The summed E-state index contributed by atoms with van der Waals surface area (Å²) in [5, 5.41) is 2.92. The largest absolute Gasteiger partial charge is 0.391 e. The number of benzene rings is 1. The quantitative estimate of drug-likeness (QED) is 0.861. The van der Waals surface area contributed by atoms with Gasteiger partial charge in [0, 0.05) is 19.1 Å². The minimum absolute atomic E-state index is 0.0129. The fraction of sp³-hybridized carbons (Fsp3) is 0.650. The van der Waals surface area contributed by atoms with E-state index in [-0.39, 0.29) is 43.5 Å². The molecule has 2 fully saturated rings. The predicted octanol–water partition coefficient (Wildman–Crippen LogP) is 3.69. The summed E-state index contributed by atoms with van der Waals surface area (Å²) in [4.78, 5) is 14.5. The minimum atomic E-state index is -4.12. The van der Waals surface area contributed by atoms with Crippen molar-refractivity contribution in [3.05, 3.63) is 35.9 Å². The number of alkyl halides is 3. The van der Waals surface area contributed by atoms with Crippen molar-refractivity contribution in [2.24, 2.45) is 5.92 Å². The molecular weight excluding hydrogens is 357 g/mol. The molecule has 1 heterocycles. The summed E-state index contributed by atoms with van der Waals surface area (Å²) in [5.41, 5.74) is 1.08. The number of nitrogens with one attached hydrogen (secondary N) is 1. The number of amides is 1. The lowest BCUT2D eigenvalue weighted by Gasteiger charge is -2.37. The van der Waals surface area contributed by atoms with Crippen molar-refractivity contribution in [2.75, 3.05) is 19.6 Å². The Morgan fingerprint density at radius 3 is 2.44 bits per heavy atom. The SMILES string of the molecule is C[C@H]1CN(CC(=O)NC2CCC(C(F)(F)F)CC2)C[C@H](c2ccccc2)O1. The van der Waals surface area contributed by atoms with E-state index in [0.29, 0.717) is 25.9 Å². The first-order valence-electron chi connectivity index (χ1n) is 9.60. The van der Waals surface area contributed by atoms with Gasteiger partial charge in [-0.25, -0.2) is 0 Å². The van der Waals surface area contributed by atoms with E-state index >= 15 is 0 Å². The number of hydrogen-bond acceptors (Lipinski definition) is 3. The molecular formula is C20H27F3N2O2. The van der Waals surface area contributed by atoms with Crippen LogP contribution in [0.4, 0.5) is 13.2 Å². The number of carbonyl (C=O) groups is 1. The number of rotatable bonds is 4. The maximum Gasteiger partial charge on any atom is 0.391 e. The summed E-state index contributed by atoms with van der Waals surface area (Å²) in [5.74, 6) is -1.34. The molecule has 0 radical (unpaired) electrons. The van der Waals surface area contributed by atoms with Crippen LogP contribution in [0.25, 0.3) is 0 Å². The Morgan fingerprint density at radius 2 is 1.81 bits per heavy atom.